The number of aryl methyl sites for hydroxylation is 1. The largest absolute Gasteiger partial charge is 0.484 e. The van der Waals surface area contributed by atoms with E-state index in [9.17, 15) is 4.79 Å². The summed E-state index contributed by atoms with van der Waals surface area (Å²) in [6, 6.07) is 7.54. The lowest BCUT2D eigenvalue weighted by atomic mass is 10.2. The van der Waals surface area contributed by atoms with E-state index in [-0.39, 0.29) is 12.5 Å². The van der Waals surface area contributed by atoms with Gasteiger partial charge in [-0.2, -0.15) is 0 Å². The number of hydrogen-bond acceptors (Lipinski definition) is 3. The van der Waals surface area contributed by atoms with Gasteiger partial charge >= 0.3 is 0 Å². The van der Waals surface area contributed by atoms with Gasteiger partial charge in [-0.1, -0.05) is 17.7 Å². The number of hydrogen-bond donors (Lipinski definition) is 2. The predicted molar refractivity (Wildman–Crippen MR) is 53.9 cm³/mol. The molecule has 0 aliphatic carbocycles. The average molecular weight is 194 g/mol. The van der Waals surface area contributed by atoms with Gasteiger partial charge in [-0.05, 0) is 19.1 Å². The maximum absolute atomic E-state index is 11.0. The molecule has 0 atom stereocenters. The van der Waals surface area contributed by atoms with E-state index in [1.807, 2.05) is 31.2 Å². The second-order valence-electron chi connectivity index (χ2n) is 2.90. The molecule has 14 heavy (non-hydrogen) atoms. The highest BCUT2D eigenvalue weighted by molar-refractivity contribution is 5.76. The zero-order valence-electron chi connectivity index (χ0n) is 8.33. The third-order valence-corrected chi connectivity index (χ3v) is 1.66. The van der Waals surface area contributed by atoms with E-state index < -0.39 is 0 Å². The minimum atomic E-state index is -0.201. The molecule has 0 aromatic heterocycles. The Morgan fingerprint density at radius 1 is 1.36 bits per heavy atom. The molecule has 0 fully saturated rings. The van der Waals surface area contributed by atoms with E-state index >= 15 is 0 Å². The maximum atomic E-state index is 11.0. The number of rotatable bonds is 4. The molecule has 0 spiro atoms. The van der Waals surface area contributed by atoms with Crippen LogP contribution in [0.15, 0.2) is 24.3 Å². The van der Waals surface area contributed by atoms with Gasteiger partial charge in [0.1, 0.15) is 5.75 Å². The Balaban J connectivity index is 2.38. The van der Waals surface area contributed by atoms with Crippen LogP contribution in [0.2, 0.25) is 0 Å². The first-order valence-corrected chi connectivity index (χ1v) is 4.37. The van der Waals surface area contributed by atoms with Gasteiger partial charge in [0, 0.05) is 7.05 Å². The summed E-state index contributed by atoms with van der Waals surface area (Å²) in [7, 11) is 1.63. The van der Waals surface area contributed by atoms with Gasteiger partial charge in [-0.3, -0.25) is 10.2 Å². The highest BCUT2D eigenvalue weighted by Gasteiger charge is 1.99. The smallest absolute Gasteiger partial charge is 0.271 e. The summed E-state index contributed by atoms with van der Waals surface area (Å²) >= 11 is 0. The van der Waals surface area contributed by atoms with Gasteiger partial charge in [0.2, 0.25) is 0 Å². The van der Waals surface area contributed by atoms with Gasteiger partial charge in [0.05, 0.1) is 0 Å². The lowest BCUT2D eigenvalue weighted by Crippen LogP contribution is -2.37. The number of ether oxygens (including phenoxy) is 1. The fourth-order valence-electron chi connectivity index (χ4n) is 0.959. The maximum Gasteiger partial charge on any atom is 0.271 e. The molecule has 2 N–H and O–H groups in total. The topological polar surface area (TPSA) is 50.4 Å². The summed E-state index contributed by atoms with van der Waals surface area (Å²) in [5, 5.41) is 0. The monoisotopic (exact) mass is 194 g/mol. The third kappa shape index (κ3) is 3.45. The summed E-state index contributed by atoms with van der Waals surface area (Å²) in [5.41, 5.74) is 6.11. The SMILES string of the molecule is CNNC(=O)COc1ccc(C)cc1. The van der Waals surface area contributed by atoms with Crippen LogP contribution in [0.3, 0.4) is 0 Å². The summed E-state index contributed by atoms with van der Waals surface area (Å²) in [6.45, 7) is 2.02. The molecule has 0 unspecified atom stereocenters. The summed E-state index contributed by atoms with van der Waals surface area (Å²) in [5.74, 6) is 0.495. The van der Waals surface area contributed by atoms with Gasteiger partial charge in [-0.25, -0.2) is 5.43 Å². The Labute approximate surface area is 83.2 Å². The van der Waals surface area contributed by atoms with Crippen molar-refractivity contribution in [3.05, 3.63) is 29.8 Å². The lowest BCUT2D eigenvalue weighted by Gasteiger charge is -2.06. The Bertz CT molecular complexity index is 295. The van der Waals surface area contributed by atoms with E-state index in [4.69, 9.17) is 4.74 Å². The number of nitrogens with one attached hydrogen (secondary N) is 2. The van der Waals surface area contributed by atoms with E-state index in [2.05, 4.69) is 10.9 Å². The number of benzene rings is 1. The Morgan fingerprint density at radius 2 is 2.00 bits per heavy atom. The Morgan fingerprint density at radius 3 is 2.57 bits per heavy atom. The molecule has 1 rings (SSSR count). The second-order valence-corrected chi connectivity index (χ2v) is 2.90. The van der Waals surface area contributed by atoms with E-state index in [1.165, 1.54) is 0 Å². The summed E-state index contributed by atoms with van der Waals surface area (Å²) in [4.78, 5) is 11.0. The molecule has 0 heterocycles. The zero-order valence-corrected chi connectivity index (χ0v) is 8.33. The molecule has 4 nitrogen and oxygen atoms in total. The number of carbonyl (C=O) groups excluding carboxylic acids is 1. The molecule has 0 saturated carbocycles. The molecular weight excluding hydrogens is 180 g/mol. The molecule has 1 amide bonds. The summed E-state index contributed by atoms with van der Waals surface area (Å²) in [6.07, 6.45) is 0. The van der Waals surface area contributed by atoms with Gasteiger partial charge < -0.3 is 4.74 Å². The van der Waals surface area contributed by atoms with Crippen molar-refractivity contribution in [2.75, 3.05) is 13.7 Å². The van der Waals surface area contributed by atoms with E-state index in [1.54, 1.807) is 7.05 Å². The Hall–Kier alpha value is -1.55. The van der Waals surface area contributed by atoms with Crippen molar-refractivity contribution >= 4 is 5.91 Å². The second kappa shape index (κ2) is 5.24. The molecule has 76 valence electrons. The van der Waals surface area contributed by atoms with Crippen LogP contribution in [0.1, 0.15) is 5.56 Å². The molecule has 0 radical (unpaired) electrons. The minimum Gasteiger partial charge on any atom is -0.484 e. The normalized spacial score (nSPS) is 9.57. The summed E-state index contributed by atoms with van der Waals surface area (Å²) < 4.78 is 5.22. The quantitative estimate of drug-likeness (QED) is 0.691. The zero-order chi connectivity index (χ0) is 10.4. The molecule has 1 aromatic rings. The molecule has 0 bridgehead atoms. The van der Waals surface area contributed by atoms with Crippen LogP contribution in [-0.2, 0) is 4.79 Å². The first-order chi connectivity index (χ1) is 6.72. The molecular formula is C10H14N2O2. The fraction of sp³-hybridized carbons (Fsp3) is 0.300. The van der Waals surface area contributed by atoms with Crippen molar-refractivity contribution in [1.82, 2.24) is 10.9 Å². The number of hydrazine groups is 1. The van der Waals surface area contributed by atoms with Crippen LogP contribution in [0, 0.1) is 6.92 Å². The average Bonchev–Trinajstić information content (AvgIpc) is 2.17. The standard InChI is InChI=1S/C10H14N2O2/c1-8-3-5-9(6-4-8)14-7-10(13)12-11-2/h3-6,11H,7H2,1-2H3,(H,12,13). The van der Waals surface area contributed by atoms with Crippen molar-refractivity contribution in [2.24, 2.45) is 0 Å². The van der Waals surface area contributed by atoms with Crippen molar-refractivity contribution in [3.63, 3.8) is 0 Å². The first kappa shape index (κ1) is 10.5. The molecule has 0 aliphatic heterocycles. The van der Waals surface area contributed by atoms with Crippen LogP contribution < -0.4 is 15.6 Å². The first-order valence-electron chi connectivity index (χ1n) is 4.37. The van der Waals surface area contributed by atoms with Crippen molar-refractivity contribution in [3.8, 4) is 5.75 Å². The predicted octanol–water partition coefficient (Wildman–Crippen LogP) is 0.624. The van der Waals surface area contributed by atoms with Gasteiger partial charge in [0.25, 0.3) is 5.91 Å². The highest BCUT2D eigenvalue weighted by atomic mass is 16.5. The molecule has 0 saturated heterocycles. The van der Waals surface area contributed by atoms with Gasteiger partial charge in [-0.15, -0.1) is 0 Å². The molecule has 1 aromatic carbocycles. The lowest BCUT2D eigenvalue weighted by molar-refractivity contribution is -0.123. The van der Waals surface area contributed by atoms with Crippen LogP contribution in [0.25, 0.3) is 0 Å². The molecule has 4 heteroatoms. The highest BCUT2D eigenvalue weighted by Crippen LogP contribution is 2.10. The number of carbonyl (C=O) groups is 1. The van der Waals surface area contributed by atoms with E-state index in [0.717, 1.165) is 5.56 Å². The van der Waals surface area contributed by atoms with Gasteiger partial charge in [0.15, 0.2) is 6.61 Å². The minimum absolute atomic E-state index is 0.0178. The molecule has 0 aliphatic rings. The van der Waals surface area contributed by atoms with Crippen LogP contribution >= 0.6 is 0 Å². The van der Waals surface area contributed by atoms with Crippen molar-refractivity contribution in [2.45, 2.75) is 6.92 Å². The van der Waals surface area contributed by atoms with Crippen molar-refractivity contribution < 1.29 is 9.53 Å². The van der Waals surface area contributed by atoms with E-state index in [0.29, 0.717) is 5.75 Å². The number of amides is 1. The fourth-order valence-corrected chi connectivity index (χ4v) is 0.959. The van der Waals surface area contributed by atoms with Crippen molar-refractivity contribution in [1.29, 1.82) is 0 Å². The van der Waals surface area contributed by atoms with Crippen LogP contribution in [0.5, 0.6) is 5.75 Å². The Kier molecular flexibility index (Phi) is 3.94. The van der Waals surface area contributed by atoms with Crippen LogP contribution in [-0.4, -0.2) is 19.6 Å². The van der Waals surface area contributed by atoms with Crippen LogP contribution in [0.4, 0.5) is 0 Å². The third-order valence-electron chi connectivity index (χ3n) is 1.66.